The van der Waals surface area contributed by atoms with Crippen LogP contribution in [0.5, 0.6) is 0 Å². The van der Waals surface area contributed by atoms with Gasteiger partial charge in [0.1, 0.15) is 0 Å². The molecule has 2 aliphatic heterocycles. The highest BCUT2D eigenvalue weighted by atomic mass is 32.2. The Kier molecular flexibility index (Phi) is 8.63. The van der Waals surface area contributed by atoms with Crippen molar-refractivity contribution in [1.29, 1.82) is 0 Å². The summed E-state index contributed by atoms with van der Waals surface area (Å²) in [5, 5.41) is 12.3. The molecule has 44 heavy (non-hydrogen) atoms. The minimum absolute atomic E-state index is 0.0169. The number of benzene rings is 4. The van der Waals surface area contributed by atoms with E-state index in [1.807, 2.05) is 54.6 Å². The van der Waals surface area contributed by atoms with Crippen LogP contribution in [0.15, 0.2) is 102 Å². The lowest BCUT2D eigenvalue weighted by atomic mass is 9.91. The molecule has 4 atom stereocenters. The van der Waals surface area contributed by atoms with Gasteiger partial charge in [-0.3, -0.25) is 14.4 Å². The quantitative estimate of drug-likeness (QED) is 0.173. The van der Waals surface area contributed by atoms with Crippen LogP contribution >= 0.6 is 11.8 Å². The van der Waals surface area contributed by atoms with E-state index in [9.17, 15) is 19.5 Å². The molecule has 0 spiro atoms. The predicted octanol–water partition coefficient (Wildman–Crippen LogP) is 6.52. The lowest BCUT2D eigenvalue weighted by Crippen LogP contribution is -2.38. The number of carbonyl (C=O) groups excluding carboxylic acids is 3. The molecule has 224 valence electrons. The van der Waals surface area contributed by atoms with Crippen LogP contribution in [-0.4, -0.2) is 34.7 Å². The first-order chi connectivity index (χ1) is 21.3. The molecule has 6 rings (SSSR count). The van der Waals surface area contributed by atoms with E-state index < -0.39 is 6.29 Å². The van der Waals surface area contributed by atoms with Gasteiger partial charge < -0.3 is 19.9 Å². The topological polar surface area (TPSA) is 105 Å². The van der Waals surface area contributed by atoms with Crippen LogP contribution in [0.2, 0.25) is 0 Å². The molecule has 1 fully saturated rings. The van der Waals surface area contributed by atoms with Crippen LogP contribution in [0.25, 0.3) is 0 Å². The number of aliphatic hydroxyl groups excluding tert-OH is 1. The van der Waals surface area contributed by atoms with Gasteiger partial charge in [0.05, 0.1) is 35.6 Å². The number of nitrogens with zero attached hydrogens (tertiary/aromatic N) is 1. The van der Waals surface area contributed by atoms with Crippen molar-refractivity contribution in [2.75, 3.05) is 16.0 Å². The first-order valence-corrected chi connectivity index (χ1v) is 15.4. The van der Waals surface area contributed by atoms with Gasteiger partial charge >= 0.3 is 0 Å². The van der Waals surface area contributed by atoms with E-state index in [-0.39, 0.29) is 42.5 Å². The van der Waals surface area contributed by atoms with Crippen molar-refractivity contribution in [2.24, 2.45) is 5.92 Å². The minimum atomic E-state index is -0.753. The summed E-state index contributed by atoms with van der Waals surface area (Å²) in [4.78, 5) is 40.0. The molecule has 8 nitrogen and oxygen atoms in total. The molecule has 0 saturated carbocycles. The number of hydrogen-bond acceptors (Lipinski definition) is 7. The average Bonchev–Trinajstić information content (AvgIpc) is 3.30. The first-order valence-electron chi connectivity index (χ1n) is 14.4. The maximum atomic E-state index is 13.2. The first kappa shape index (κ1) is 29.8. The largest absolute Gasteiger partial charge is 0.392 e. The molecule has 4 aromatic carbocycles. The second kappa shape index (κ2) is 12.8. The number of imide groups is 1. The van der Waals surface area contributed by atoms with Crippen LogP contribution < -0.4 is 10.2 Å². The molecule has 0 bridgehead atoms. The fourth-order valence-corrected chi connectivity index (χ4v) is 6.63. The Morgan fingerprint density at radius 1 is 0.864 bits per heavy atom. The molecule has 3 amide bonds. The van der Waals surface area contributed by atoms with Crippen LogP contribution in [-0.2, 0) is 20.9 Å². The monoisotopic (exact) mass is 608 g/mol. The van der Waals surface area contributed by atoms with Crippen LogP contribution in [0, 0.1) is 5.92 Å². The number of nitrogens with one attached hydrogen (secondary N) is 1. The van der Waals surface area contributed by atoms with Crippen molar-refractivity contribution in [2.45, 2.75) is 43.8 Å². The van der Waals surface area contributed by atoms with E-state index in [0.29, 0.717) is 28.1 Å². The lowest BCUT2D eigenvalue weighted by molar-refractivity contribution is -0.268. The zero-order valence-corrected chi connectivity index (χ0v) is 25.1. The number of hydrogen-bond donors (Lipinski definition) is 2. The van der Waals surface area contributed by atoms with Crippen molar-refractivity contribution < 1.29 is 29.0 Å². The highest BCUT2D eigenvalue weighted by Gasteiger charge is 2.40. The maximum Gasteiger partial charge on any atom is 0.266 e. The van der Waals surface area contributed by atoms with Gasteiger partial charge in [-0.05, 0) is 59.7 Å². The number of fused-ring (bicyclic) bond motifs is 1. The number of carbonyl (C=O) groups is 3. The average molecular weight is 609 g/mol. The molecular formula is C35H32N2O6S. The van der Waals surface area contributed by atoms with Gasteiger partial charge in [0.2, 0.25) is 5.91 Å². The number of anilines is 2. The van der Waals surface area contributed by atoms with Crippen molar-refractivity contribution in [3.63, 3.8) is 0 Å². The minimum Gasteiger partial charge on any atom is -0.392 e. The van der Waals surface area contributed by atoms with Crippen LogP contribution in [0.4, 0.5) is 11.4 Å². The van der Waals surface area contributed by atoms with E-state index in [1.54, 1.807) is 54.2 Å². The van der Waals surface area contributed by atoms with Crippen molar-refractivity contribution in [3.8, 4) is 0 Å². The summed E-state index contributed by atoms with van der Waals surface area (Å²) < 4.78 is 13.2. The van der Waals surface area contributed by atoms with Crippen molar-refractivity contribution in [3.05, 3.63) is 125 Å². The Labute approximate surface area is 260 Å². The highest BCUT2D eigenvalue weighted by Crippen LogP contribution is 2.44. The van der Waals surface area contributed by atoms with Crippen molar-refractivity contribution >= 4 is 40.9 Å². The third-order valence-electron chi connectivity index (χ3n) is 7.91. The molecule has 0 unspecified atom stereocenters. The van der Waals surface area contributed by atoms with Crippen LogP contribution in [0.1, 0.15) is 63.6 Å². The van der Waals surface area contributed by atoms with Gasteiger partial charge in [0.25, 0.3) is 11.8 Å². The highest BCUT2D eigenvalue weighted by molar-refractivity contribution is 7.99. The molecule has 0 aliphatic carbocycles. The summed E-state index contributed by atoms with van der Waals surface area (Å²) >= 11 is 1.65. The zero-order chi connectivity index (χ0) is 30.8. The molecule has 0 radical (unpaired) electrons. The van der Waals surface area contributed by atoms with E-state index >= 15 is 0 Å². The molecular weight excluding hydrogens is 576 g/mol. The Hall–Kier alpha value is -4.28. The standard InChI is InChI=1S/C35H32N2O6S/c1-21-31(20-44-28-16-14-26(15-17-28)36-22(2)39)42-35(43-32(21)24-12-10-23(19-38)11-13-24)25-6-5-7-27(18-25)37-33(40)29-8-3-4-9-30(29)34(37)41/h3-18,21,31-32,35,38H,19-20H2,1-2H3,(H,36,39)/t21-,31+,32+,35+/m0/s1. The van der Waals surface area contributed by atoms with E-state index in [0.717, 1.165) is 21.7 Å². The zero-order valence-electron chi connectivity index (χ0n) is 24.3. The van der Waals surface area contributed by atoms with Gasteiger partial charge in [-0.15, -0.1) is 11.8 Å². The number of amides is 3. The predicted molar refractivity (Wildman–Crippen MR) is 168 cm³/mol. The normalized spacial score (nSPS) is 21.3. The van der Waals surface area contributed by atoms with Crippen molar-refractivity contribution in [1.82, 2.24) is 0 Å². The smallest absolute Gasteiger partial charge is 0.266 e. The molecule has 1 saturated heterocycles. The Morgan fingerprint density at radius 3 is 2.18 bits per heavy atom. The summed E-state index contributed by atoms with van der Waals surface area (Å²) in [5.41, 5.74) is 4.43. The number of thioether (sulfide) groups is 1. The lowest BCUT2D eigenvalue weighted by Gasteiger charge is -2.41. The number of ether oxygens (including phenoxy) is 2. The van der Waals surface area contributed by atoms with E-state index in [1.165, 1.54) is 11.8 Å². The Morgan fingerprint density at radius 2 is 1.55 bits per heavy atom. The Balaban J connectivity index is 1.26. The van der Waals surface area contributed by atoms with Gasteiger partial charge in [-0.1, -0.05) is 55.5 Å². The summed E-state index contributed by atoms with van der Waals surface area (Å²) in [6.07, 6.45) is -1.27. The van der Waals surface area contributed by atoms with Gasteiger partial charge in [0.15, 0.2) is 6.29 Å². The van der Waals surface area contributed by atoms with Gasteiger partial charge in [0, 0.05) is 34.7 Å². The third kappa shape index (κ3) is 6.05. The van der Waals surface area contributed by atoms with Gasteiger partial charge in [-0.25, -0.2) is 4.90 Å². The van der Waals surface area contributed by atoms with Crippen LogP contribution in [0.3, 0.4) is 0 Å². The van der Waals surface area contributed by atoms with E-state index in [2.05, 4.69) is 12.2 Å². The second-order valence-electron chi connectivity index (χ2n) is 10.9. The molecule has 2 aliphatic rings. The maximum absolute atomic E-state index is 13.2. The second-order valence-corrected chi connectivity index (χ2v) is 12.0. The summed E-state index contributed by atoms with van der Waals surface area (Å²) in [5.74, 6) is -0.211. The van der Waals surface area contributed by atoms with E-state index in [4.69, 9.17) is 9.47 Å². The summed E-state index contributed by atoms with van der Waals surface area (Å²) in [6.45, 7) is 3.53. The number of rotatable bonds is 8. The molecule has 4 aromatic rings. The Bertz CT molecular complexity index is 1660. The summed E-state index contributed by atoms with van der Waals surface area (Å²) in [6, 6.07) is 29.4. The fraction of sp³-hybridized carbons (Fsp3) is 0.229. The molecule has 9 heteroatoms. The molecule has 2 N–H and O–H groups in total. The SMILES string of the molecule is CC(=O)Nc1ccc(SC[C@H]2O[C@@H](c3cccc(N4C(=O)c5ccccc5C4=O)c3)O[C@@H](c3ccc(CO)cc3)[C@H]2C)cc1. The third-order valence-corrected chi connectivity index (χ3v) is 9.01. The molecule has 2 heterocycles. The molecule has 0 aromatic heterocycles. The van der Waals surface area contributed by atoms with Gasteiger partial charge in [-0.2, -0.15) is 0 Å². The fourth-order valence-electron chi connectivity index (χ4n) is 5.56. The number of aliphatic hydroxyl groups is 1. The summed E-state index contributed by atoms with van der Waals surface area (Å²) in [7, 11) is 0.